The number of ether oxygens (including phenoxy) is 1. The lowest BCUT2D eigenvalue weighted by atomic mass is 10.3. The molecular weight excluding hydrogens is 114 g/mol. The van der Waals surface area contributed by atoms with Gasteiger partial charge < -0.3 is 4.74 Å². The molecule has 0 atom stereocenters. The number of hydrogen-bond acceptors (Lipinski definition) is 1. The van der Waals surface area contributed by atoms with E-state index in [1.165, 1.54) is 0 Å². The van der Waals surface area contributed by atoms with Crippen molar-refractivity contribution in [2.24, 2.45) is 0 Å². The molecule has 0 aromatic heterocycles. The normalized spacial score (nSPS) is 12.0. The Labute approximate surface area is 47.6 Å². The summed E-state index contributed by atoms with van der Waals surface area (Å²) in [6.07, 6.45) is -2.65. The van der Waals surface area contributed by atoms with Crippen molar-refractivity contribution in [3.8, 4) is 0 Å². The number of rotatable bonds is 3. The van der Waals surface area contributed by atoms with E-state index in [0.29, 0.717) is 6.42 Å². The van der Waals surface area contributed by atoms with Crippen molar-refractivity contribution in [3.63, 3.8) is 0 Å². The molecule has 0 aliphatic rings. The average Bonchev–Trinajstić information content (AvgIpc) is 1.67. The van der Waals surface area contributed by atoms with Crippen LogP contribution in [-0.4, -0.2) is 13.2 Å². The maximum absolute atomic E-state index is 11.9. The van der Waals surface area contributed by atoms with E-state index in [9.17, 15) is 8.78 Å². The van der Waals surface area contributed by atoms with E-state index in [0.717, 1.165) is 7.11 Å². The van der Waals surface area contributed by atoms with E-state index < -0.39 is 6.11 Å². The molecule has 0 fully saturated rings. The molecule has 0 amide bonds. The third-order valence-electron chi connectivity index (χ3n) is 0.840. The second kappa shape index (κ2) is 2.97. The van der Waals surface area contributed by atoms with Gasteiger partial charge in [0.05, 0.1) is 0 Å². The summed E-state index contributed by atoms with van der Waals surface area (Å²) in [5, 5.41) is 0. The molecule has 50 valence electrons. The molecule has 0 unspecified atom stereocenters. The van der Waals surface area contributed by atoms with Gasteiger partial charge in [-0.25, -0.2) is 0 Å². The summed E-state index contributed by atoms with van der Waals surface area (Å²) in [7, 11) is 1.01. The molecule has 3 heteroatoms. The zero-order chi connectivity index (χ0) is 6.62. The first-order chi connectivity index (χ1) is 3.62. The molecule has 0 rings (SSSR count). The van der Waals surface area contributed by atoms with Crippen molar-refractivity contribution < 1.29 is 13.5 Å². The molecule has 0 aliphatic heterocycles. The van der Waals surface area contributed by atoms with Gasteiger partial charge in [0, 0.05) is 13.5 Å². The zero-order valence-corrected chi connectivity index (χ0v) is 5.08. The molecular formula is C5H10F2O. The fraction of sp³-hybridized carbons (Fsp3) is 1.00. The smallest absolute Gasteiger partial charge is 0.324 e. The highest BCUT2D eigenvalue weighted by Gasteiger charge is 2.25. The summed E-state index contributed by atoms with van der Waals surface area (Å²) in [6, 6.07) is 0. The van der Waals surface area contributed by atoms with Gasteiger partial charge in [-0.2, -0.15) is 8.78 Å². The molecule has 8 heavy (non-hydrogen) atoms. The maximum Gasteiger partial charge on any atom is 0.355 e. The largest absolute Gasteiger partial charge is 0.355 e. The quantitative estimate of drug-likeness (QED) is 0.559. The molecule has 0 N–H and O–H groups in total. The molecule has 0 saturated carbocycles. The van der Waals surface area contributed by atoms with Crippen LogP contribution >= 0.6 is 0 Å². The van der Waals surface area contributed by atoms with Crippen LogP contribution in [0.15, 0.2) is 0 Å². The van der Waals surface area contributed by atoms with Gasteiger partial charge in [0.25, 0.3) is 0 Å². The average molecular weight is 124 g/mol. The molecule has 0 heterocycles. The van der Waals surface area contributed by atoms with Crippen LogP contribution in [0.2, 0.25) is 0 Å². The Morgan fingerprint density at radius 1 is 1.50 bits per heavy atom. The van der Waals surface area contributed by atoms with Gasteiger partial charge in [-0.3, -0.25) is 0 Å². The molecule has 0 aliphatic carbocycles. The summed E-state index contributed by atoms with van der Waals surface area (Å²) in [5.74, 6) is 0. The minimum absolute atomic E-state index is 0.191. The molecule has 0 aromatic carbocycles. The van der Waals surface area contributed by atoms with Gasteiger partial charge in [-0.05, 0) is 6.42 Å². The second-order valence-corrected chi connectivity index (χ2v) is 1.59. The van der Waals surface area contributed by atoms with Crippen molar-refractivity contribution in [1.29, 1.82) is 0 Å². The third kappa shape index (κ3) is 2.91. The van der Waals surface area contributed by atoms with Crippen LogP contribution in [0.25, 0.3) is 0 Å². The Hall–Kier alpha value is -0.180. The van der Waals surface area contributed by atoms with Gasteiger partial charge in [0.1, 0.15) is 0 Å². The van der Waals surface area contributed by atoms with Crippen LogP contribution in [0.3, 0.4) is 0 Å². The standard InChI is InChI=1S/C5H10F2O/c1-3-4-5(6,7)8-2/h3-4H2,1-2H3. The Morgan fingerprint density at radius 3 is 2.12 bits per heavy atom. The number of halogens is 2. The van der Waals surface area contributed by atoms with Gasteiger partial charge in [0.15, 0.2) is 0 Å². The van der Waals surface area contributed by atoms with E-state index in [-0.39, 0.29) is 6.42 Å². The topological polar surface area (TPSA) is 9.23 Å². The van der Waals surface area contributed by atoms with Gasteiger partial charge in [-0.15, -0.1) is 0 Å². The first kappa shape index (κ1) is 7.82. The molecule has 0 bridgehead atoms. The van der Waals surface area contributed by atoms with Crippen molar-refractivity contribution in [2.75, 3.05) is 7.11 Å². The van der Waals surface area contributed by atoms with Crippen LogP contribution in [-0.2, 0) is 4.74 Å². The molecule has 0 spiro atoms. The lowest BCUT2D eigenvalue weighted by Crippen LogP contribution is -2.17. The predicted octanol–water partition coefficient (Wildman–Crippen LogP) is 2.03. The van der Waals surface area contributed by atoms with Crippen LogP contribution in [0.5, 0.6) is 0 Å². The first-order valence-electron chi connectivity index (χ1n) is 2.55. The fourth-order valence-corrected chi connectivity index (χ4v) is 0.393. The summed E-state index contributed by atoms with van der Waals surface area (Å²) in [6.45, 7) is 1.69. The SMILES string of the molecule is CCCC(F)(F)OC. The molecule has 0 aromatic rings. The molecule has 1 nitrogen and oxygen atoms in total. The highest BCUT2D eigenvalue weighted by molar-refractivity contribution is 4.47. The summed E-state index contributed by atoms with van der Waals surface area (Å²) < 4.78 is 27.7. The van der Waals surface area contributed by atoms with Crippen LogP contribution < -0.4 is 0 Å². The van der Waals surface area contributed by atoms with Gasteiger partial charge in [-0.1, -0.05) is 6.92 Å². The Kier molecular flexibility index (Phi) is 2.90. The van der Waals surface area contributed by atoms with Crippen LogP contribution in [0.1, 0.15) is 19.8 Å². The van der Waals surface area contributed by atoms with E-state index in [1.54, 1.807) is 6.92 Å². The van der Waals surface area contributed by atoms with Crippen molar-refractivity contribution in [2.45, 2.75) is 25.9 Å². The number of methoxy groups -OCH3 is 1. The van der Waals surface area contributed by atoms with Gasteiger partial charge >= 0.3 is 6.11 Å². The fourth-order valence-electron chi connectivity index (χ4n) is 0.393. The lowest BCUT2D eigenvalue weighted by Gasteiger charge is -2.10. The Balaban J connectivity index is 3.37. The van der Waals surface area contributed by atoms with Crippen LogP contribution in [0, 0.1) is 0 Å². The second-order valence-electron chi connectivity index (χ2n) is 1.59. The van der Waals surface area contributed by atoms with E-state index in [1.807, 2.05) is 0 Å². The van der Waals surface area contributed by atoms with Crippen molar-refractivity contribution >= 4 is 0 Å². The molecule has 0 saturated heterocycles. The summed E-state index contributed by atoms with van der Waals surface area (Å²) in [4.78, 5) is 0. The lowest BCUT2D eigenvalue weighted by molar-refractivity contribution is -0.225. The van der Waals surface area contributed by atoms with Gasteiger partial charge in [0.2, 0.25) is 0 Å². The summed E-state index contributed by atoms with van der Waals surface area (Å²) >= 11 is 0. The highest BCUT2D eigenvalue weighted by atomic mass is 19.3. The Bertz CT molecular complexity index is 63.4. The first-order valence-corrected chi connectivity index (χ1v) is 2.55. The van der Waals surface area contributed by atoms with Crippen molar-refractivity contribution in [3.05, 3.63) is 0 Å². The minimum atomic E-state index is -2.91. The third-order valence-corrected chi connectivity index (χ3v) is 0.840. The van der Waals surface area contributed by atoms with Crippen LogP contribution in [0.4, 0.5) is 8.78 Å². The number of alkyl halides is 2. The summed E-state index contributed by atoms with van der Waals surface area (Å²) in [5.41, 5.74) is 0. The van der Waals surface area contributed by atoms with E-state index >= 15 is 0 Å². The highest BCUT2D eigenvalue weighted by Crippen LogP contribution is 2.19. The van der Waals surface area contributed by atoms with E-state index in [2.05, 4.69) is 4.74 Å². The predicted molar refractivity (Wildman–Crippen MR) is 26.9 cm³/mol. The zero-order valence-electron chi connectivity index (χ0n) is 5.08. The number of hydrogen-bond donors (Lipinski definition) is 0. The Morgan fingerprint density at radius 2 is 2.00 bits per heavy atom. The molecule has 0 radical (unpaired) electrons. The maximum atomic E-state index is 11.9. The van der Waals surface area contributed by atoms with E-state index in [4.69, 9.17) is 0 Å². The van der Waals surface area contributed by atoms with Crippen molar-refractivity contribution in [1.82, 2.24) is 0 Å². The monoisotopic (exact) mass is 124 g/mol. The minimum Gasteiger partial charge on any atom is -0.324 e.